The van der Waals surface area contributed by atoms with Crippen molar-refractivity contribution in [3.63, 3.8) is 0 Å². The summed E-state index contributed by atoms with van der Waals surface area (Å²) in [7, 11) is 0. The number of hydrogen-bond acceptors (Lipinski definition) is 3. The molecule has 0 aliphatic heterocycles. The lowest BCUT2D eigenvalue weighted by atomic mass is 10.1. The smallest absolute Gasteiger partial charge is 0.408 e. The monoisotopic (exact) mass is 221 g/mol. The van der Waals surface area contributed by atoms with Gasteiger partial charge in [-0.2, -0.15) is 0 Å². The normalized spacial score (nSPS) is 11.6. The summed E-state index contributed by atoms with van der Waals surface area (Å²) in [4.78, 5) is 11.3. The van der Waals surface area contributed by atoms with E-state index in [1.54, 1.807) is 0 Å². The summed E-state index contributed by atoms with van der Waals surface area (Å²) in [6.45, 7) is 3.41. The SMILES string of the molecule is C=CCOC(=O)NC(CO)c1ccccc1. The van der Waals surface area contributed by atoms with Gasteiger partial charge in [-0.3, -0.25) is 0 Å². The van der Waals surface area contributed by atoms with Crippen LogP contribution in [0.2, 0.25) is 0 Å². The summed E-state index contributed by atoms with van der Waals surface area (Å²) in [5.41, 5.74) is 0.834. The number of rotatable bonds is 5. The number of amides is 1. The van der Waals surface area contributed by atoms with E-state index < -0.39 is 12.1 Å². The Kier molecular flexibility index (Phi) is 5.08. The number of nitrogens with one attached hydrogen (secondary N) is 1. The van der Waals surface area contributed by atoms with Crippen LogP contribution in [0.1, 0.15) is 11.6 Å². The topological polar surface area (TPSA) is 58.6 Å². The first-order valence-electron chi connectivity index (χ1n) is 4.98. The number of hydrogen-bond donors (Lipinski definition) is 2. The molecule has 4 heteroatoms. The van der Waals surface area contributed by atoms with Gasteiger partial charge in [-0.05, 0) is 5.56 Å². The van der Waals surface area contributed by atoms with E-state index in [4.69, 9.17) is 9.84 Å². The summed E-state index contributed by atoms with van der Waals surface area (Å²) in [6, 6.07) is 8.76. The molecule has 16 heavy (non-hydrogen) atoms. The van der Waals surface area contributed by atoms with Crippen LogP contribution in [-0.4, -0.2) is 24.4 Å². The Morgan fingerprint density at radius 2 is 2.19 bits per heavy atom. The molecule has 1 rings (SSSR count). The third kappa shape index (κ3) is 3.74. The van der Waals surface area contributed by atoms with Gasteiger partial charge < -0.3 is 15.2 Å². The van der Waals surface area contributed by atoms with Crippen LogP contribution in [0.5, 0.6) is 0 Å². The van der Waals surface area contributed by atoms with Gasteiger partial charge in [0, 0.05) is 0 Å². The zero-order valence-corrected chi connectivity index (χ0v) is 8.93. The highest BCUT2D eigenvalue weighted by atomic mass is 16.5. The predicted octanol–water partition coefficient (Wildman–Crippen LogP) is 1.63. The molecule has 2 N–H and O–H groups in total. The maximum Gasteiger partial charge on any atom is 0.408 e. The summed E-state index contributed by atoms with van der Waals surface area (Å²) >= 11 is 0. The fraction of sp³-hybridized carbons (Fsp3) is 0.250. The highest BCUT2D eigenvalue weighted by molar-refractivity contribution is 5.68. The quantitative estimate of drug-likeness (QED) is 0.743. The highest BCUT2D eigenvalue weighted by Gasteiger charge is 2.13. The van der Waals surface area contributed by atoms with Crippen LogP contribution in [0, 0.1) is 0 Å². The second-order valence-corrected chi connectivity index (χ2v) is 3.18. The van der Waals surface area contributed by atoms with Crippen molar-refractivity contribution in [1.29, 1.82) is 0 Å². The fourth-order valence-electron chi connectivity index (χ4n) is 1.24. The number of aliphatic hydroxyl groups is 1. The Balaban J connectivity index is 2.55. The van der Waals surface area contributed by atoms with Crippen LogP contribution in [-0.2, 0) is 4.74 Å². The molecule has 0 fully saturated rings. The lowest BCUT2D eigenvalue weighted by Crippen LogP contribution is -2.31. The van der Waals surface area contributed by atoms with Gasteiger partial charge in [0.15, 0.2) is 0 Å². The van der Waals surface area contributed by atoms with E-state index in [1.165, 1.54) is 6.08 Å². The molecule has 0 aromatic heterocycles. The molecule has 1 aromatic carbocycles. The Labute approximate surface area is 94.6 Å². The van der Waals surface area contributed by atoms with E-state index in [0.29, 0.717) is 0 Å². The minimum Gasteiger partial charge on any atom is -0.445 e. The first-order valence-corrected chi connectivity index (χ1v) is 4.98. The molecular formula is C12H15NO3. The second kappa shape index (κ2) is 6.63. The molecule has 1 unspecified atom stereocenters. The standard InChI is InChI=1S/C12H15NO3/c1-2-8-16-12(15)13-11(9-14)10-6-4-3-5-7-10/h2-7,11,14H,1,8-9H2,(H,13,15). The van der Waals surface area contributed by atoms with E-state index in [2.05, 4.69) is 11.9 Å². The molecule has 0 aliphatic rings. The maximum atomic E-state index is 11.3. The Morgan fingerprint density at radius 3 is 2.75 bits per heavy atom. The van der Waals surface area contributed by atoms with Crippen molar-refractivity contribution >= 4 is 6.09 Å². The Morgan fingerprint density at radius 1 is 1.50 bits per heavy atom. The zero-order valence-electron chi connectivity index (χ0n) is 8.93. The number of carbonyl (C=O) groups is 1. The van der Waals surface area contributed by atoms with Crippen molar-refractivity contribution < 1.29 is 14.6 Å². The second-order valence-electron chi connectivity index (χ2n) is 3.18. The number of carbonyl (C=O) groups excluding carboxylic acids is 1. The minimum atomic E-state index is -0.567. The first-order chi connectivity index (χ1) is 7.77. The molecule has 0 bridgehead atoms. The van der Waals surface area contributed by atoms with Gasteiger partial charge >= 0.3 is 6.09 Å². The molecule has 0 aliphatic carbocycles. The van der Waals surface area contributed by atoms with Crippen LogP contribution >= 0.6 is 0 Å². The minimum absolute atomic E-state index is 0.152. The number of benzene rings is 1. The molecule has 0 radical (unpaired) electrons. The van der Waals surface area contributed by atoms with Crippen LogP contribution in [0.3, 0.4) is 0 Å². The van der Waals surface area contributed by atoms with E-state index in [-0.39, 0.29) is 13.2 Å². The summed E-state index contributed by atoms with van der Waals surface area (Å²) in [5.74, 6) is 0. The largest absolute Gasteiger partial charge is 0.445 e. The van der Waals surface area contributed by atoms with Crippen molar-refractivity contribution in [1.82, 2.24) is 5.32 Å². The van der Waals surface area contributed by atoms with Crippen molar-refractivity contribution in [2.45, 2.75) is 6.04 Å². The first kappa shape index (κ1) is 12.3. The van der Waals surface area contributed by atoms with E-state index in [0.717, 1.165) is 5.56 Å². The van der Waals surface area contributed by atoms with Crippen molar-refractivity contribution in [3.05, 3.63) is 48.6 Å². The van der Waals surface area contributed by atoms with E-state index in [9.17, 15) is 4.79 Å². The number of aliphatic hydroxyl groups excluding tert-OH is 1. The third-order valence-electron chi connectivity index (χ3n) is 2.01. The molecule has 0 spiro atoms. The Hall–Kier alpha value is -1.81. The van der Waals surface area contributed by atoms with Crippen molar-refractivity contribution in [2.75, 3.05) is 13.2 Å². The van der Waals surface area contributed by atoms with Crippen molar-refractivity contribution in [2.24, 2.45) is 0 Å². The van der Waals surface area contributed by atoms with Gasteiger partial charge in [0.2, 0.25) is 0 Å². The molecule has 1 atom stereocenters. The molecule has 1 amide bonds. The van der Waals surface area contributed by atoms with E-state index in [1.807, 2.05) is 30.3 Å². The predicted molar refractivity (Wildman–Crippen MR) is 60.9 cm³/mol. The summed E-state index contributed by atoms with van der Waals surface area (Å²) < 4.78 is 4.77. The summed E-state index contributed by atoms with van der Waals surface area (Å²) in [5, 5.41) is 11.7. The average Bonchev–Trinajstić information content (AvgIpc) is 2.34. The van der Waals surface area contributed by atoms with Crippen LogP contribution in [0.25, 0.3) is 0 Å². The average molecular weight is 221 g/mol. The summed E-state index contributed by atoms with van der Waals surface area (Å²) in [6.07, 6.45) is 0.915. The van der Waals surface area contributed by atoms with E-state index >= 15 is 0 Å². The van der Waals surface area contributed by atoms with Crippen LogP contribution in [0.15, 0.2) is 43.0 Å². The van der Waals surface area contributed by atoms with Gasteiger partial charge in [-0.15, -0.1) is 0 Å². The van der Waals surface area contributed by atoms with Gasteiger partial charge in [0.25, 0.3) is 0 Å². The van der Waals surface area contributed by atoms with Crippen LogP contribution in [0.4, 0.5) is 4.79 Å². The lowest BCUT2D eigenvalue weighted by Gasteiger charge is -2.16. The molecule has 4 nitrogen and oxygen atoms in total. The highest BCUT2D eigenvalue weighted by Crippen LogP contribution is 2.11. The molecule has 0 heterocycles. The zero-order chi connectivity index (χ0) is 11.8. The molecular weight excluding hydrogens is 206 g/mol. The fourth-order valence-corrected chi connectivity index (χ4v) is 1.24. The van der Waals surface area contributed by atoms with Crippen LogP contribution < -0.4 is 5.32 Å². The van der Waals surface area contributed by atoms with Gasteiger partial charge in [-0.25, -0.2) is 4.79 Å². The molecule has 1 aromatic rings. The van der Waals surface area contributed by atoms with Gasteiger partial charge in [-0.1, -0.05) is 43.0 Å². The lowest BCUT2D eigenvalue weighted by molar-refractivity contribution is 0.146. The number of alkyl carbamates (subject to hydrolysis) is 1. The van der Waals surface area contributed by atoms with Crippen molar-refractivity contribution in [3.8, 4) is 0 Å². The van der Waals surface area contributed by atoms with Gasteiger partial charge in [0.05, 0.1) is 12.6 Å². The third-order valence-corrected chi connectivity index (χ3v) is 2.01. The van der Waals surface area contributed by atoms with Gasteiger partial charge in [0.1, 0.15) is 6.61 Å². The Bertz CT molecular complexity index is 337. The molecule has 0 saturated heterocycles. The maximum absolute atomic E-state index is 11.3. The molecule has 0 saturated carbocycles. The number of ether oxygens (including phenoxy) is 1. The molecule has 86 valence electrons.